The monoisotopic (exact) mass is 372 g/mol. The van der Waals surface area contributed by atoms with Crippen LogP contribution >= 0.6 is 0 Å². The van der Waals surface area contributed by atoms with Crippen LogP contribution in [0, 0.1) is 6.92 Å². The van der Waals surface area contributed by atoms with Crippen molar-refractivity contribution >= 4 is 17.7 Å². The van der Waals surface area contributed by atoms with Crippen LogP contribution in [-0.2, 0) is 7.05 Å². The Morgan fingerprint density at radius 1 is 1.00 bits per heavy atom. The van der Waals surface area contributed by atoms with Crippen molar-refractivity contribution in [2.75, 3.05) is 0 Å². The summed E-state index contributed by atoms with van der Waals surface area (Å²) in [4.78, 5) is 0. The van der Waals surface area contributed by atoms with E-state index in [0.717, 1.165) is 0 Å². The van der Waals surface area contributed by atoms with Gasteiger partial charge in [-0.15, -0.1) is 0 Å². The molecule has 0 saturated carbocycles. The number of aromatic nitrogens is 1. The molecule has 1 nitrogen and oxygen atoms in total. The summed E-state index contributed by atoms with van der Waals surface area (Å²) in [5, 5.41) is 0. The van der Waals surface area contributed by atoms with Gasteiger partial charge in [-0.2, -0.15) is 0 Å². The van der Waals surface area contributed by atoms with Crippen LogP contribution in [0.1, 0.15) is 43.7 Å². The van der Waals surface area contributed by atoms with Gasteiger partial charge >= 0.3 is 145 Å². The van der Waals surface area contributed by atoms with Crippen molar-refractivity contribution in [3.05, 3.63) is 47.7 Å². The molecule has 0 aliphatic rings. The molecule has 0 spiro atoms. The standard InChI is InChI=1S/C21H32GeN/c1-8-17(9-2)18-11-10-16(3)20(14-18)21-13-12-19(15-23(21)7)22(4,5)6/h10-15,17H,8-9H2,1-7H3/q+1. The number of nitrogens with zero attached hydrogens (tertiary/aromatic N) is 1. The van der Waals surface area contributed by atoms with Gasteiger partial charge in [0.05, 0.1) is 0 Å². The third-order valence-corrected chi connectivity index (χ3v) is 9.25. The summed E-state index contributed by atoms with van der Waals surface area (Å²) in [6, 6.07) is 11.7. The fourth-order valence-corrected chi connectivity index (χ4v) is 5.70. The van der Waals surface area contributed by atoms with Crippen molar-refractivity contribution in [1.82, 2.24) is 0 Å². The normalized spacial score (nSPS) is 12.0. The number of benzene rings is 1. The van der Waals surface area contributed by atoms with E-state index in [1.165, 1.54) is 35.2 Å². The summed E-state index contributed by atoms with van der Waals surface area (Å²) < 4.78 is 3.88. The molecule has 0 saturated heterocycles. The molecule has 1 aromatic heterocycles. The van der Waals surface area contributed by atoms with E-state index in [9.17, 15) is 0 Å². The zero-order valence-electron chi connectivity index (χ0n) is 15.9. The van der Waals surface area contributed by atoms with Crippen molar-refractivity contribution < 1.29 is 4.57 Å². The molecular formula is C21H32GeN+. The third-order valence-electron chi connectivity index (χ3n) is 4.99. The second-order valence-electron chi connectivity index (χ2n) is 7.75. The van der Waals surface area contributed by atoms with Gasteiger partial charge in [0.25, 0.3) is 0 Å². The summed E-state index contributed by atoms with van der Waals surface area (Å²) >= 11 is -1.77. The van der Waals surface area contributed by atoms with E-state index >= 15 is 0 Å². The maximum atomic E-state index is 2.45. The molecule has 124 valence electrons. The van der Waals surface area contributed by atoms with Gasteiger partial charge in [0.15, 0.2) is 0 Å². The van der Waals surface area contributed by atoms with Gasteiger partial charge < -0.3 is 0 Å². The second kappa shape index (κ2) is 7.21. The third kappa shape index (κ3) is 4.06. The van der Waals surface area contributed by atoms with E-state index in [-0.39, 0.29) is 0 Å². The summed E-state index contributed by atoms with van der Waals surface area (Å²) in [6.45, 7) is 6.80. The van der Waals surface area contributed by atoms with Crippen LogP contribution in [0.3, 0.4) is 0 Å². The summed E-state index contributed by atoms with van der Waals surface area (Å²) in [6.07, 6.45) is 4.78. The van der Waals surface area contributed by atoms with Crippen LogP contribution in [0.25, 0.3) is 11.3 Å². The molecule has 0 fully saturated rings. The van der Waals surface area contributed by atoms with Gasteiger partial charge in [0.2, 0.25) is 0 Å². The van der Waals surface area contributed by atoms with Gasteiger partial charge in [-0.3, -0.25) is 0 Å². The number of hydrogen-bond acceptors (Lipinski definition) is 0. The fourth-order valence-electron chi connectivity index (χ4n) is 3.26. The Bertz CT molecular complexity index is 679. The Balaban J connectivity index is 2.51. The Morgan fingerprint density at radius 3 is 2.17 bits per heavy atom. The number of aryl methyl sites for hydroxylation is 2. The van der Waals surface area contributed by atoms with E-state index < -0.39 is 13.3 Å². The molecule has 0 bridgehead atoms. The first kappa shape index (κ1) is 18.3. The predicted molar refractivity (Wildman–Crippen MR) is 104 cm³/mol. The van der Waals surface area contributed by atoms with Crippen molar-refractivity contribution in [3.8, 4) is 11.3 Å². The first-order valence-electron chi connectivity index (χ1n) is 8.89. The van der Waals surface area contributed by atoms with Crippen LogP contribution in [0.4, 0.5) is 0 Å². The van der Waals surface area contributed by atoms with E-state index in [1.54, 1.807) is 4.40 Å². The number of rotatable bonds is 5. The zero-order valence-corrected chi connectivity index (χ0v) is 18.0. The molecule has 0 atom stereocenters. The average molecular weight is 371 g/mol. The molecule has 2 heteroatoms. The summed E-state index contributed by atoms with van der Waals surface area (Å²) in [5.74, 6) is 8.03. The van der Waals surface area contributed by atoms with E-state index in [0.29, 0.717) is 5.92 Å². The van der Waals surface area contributed by atoms with E-state index in [2.05, 4.69) is 86.2 Å². The Kier molecular flexibility index (Phi) is 5.72. The van der Waals surface area contributed by atoms with Crippen LogP contribution in [0.5, 0.6) is 0 Å². The van der Waals surface area contributed by atoms with Gasteiger partial charge in [0.1, 0.15) is 0 Å². The molecule has 0 aliphatic carbocycles. The molecule has 23 heavy (non-hydrogen) atoms. The van der Waals surface area contributed by atoms with Gasteiger partial charge in [-0.05, 0) is 0 Å². The molecular weight excluding hydrogens is 339 g/mol. The van der Waals surface area contributed by atoms with Gasteiger partial charge in [-0.1, -0.05) is 0 Å². The first-order valence-corrected chi connectivity index (χ1v) is 16.2. The Labute approximate surface area is 145 Å². The molecule has 0 aliphatic heterocycles. The van der Waals surface area contributed by atoms with E-state index in [1.807, 2.05) is 0 Å². The summed E-state index contributed by atoms with van der Waals surface area (Å²) in [5.41, 5.74) is 5.55. The van der Waals surface area contributed by atoms with Gasteiger partial charge in [-0.25, -0.2) is 0 Å². The molecule has 0 N–H and O–H groups in total. The van der Waals surface area contributed by atoms with Crippen molar-refractivity contribution in [2.24, 2.45) is 7.05 Å². The van der Waals surface area contributed by atoms with Crippen molar-refractivity contribution in [3.63, 3.8) is 0 Å². The quantitative estimate of drug-likeness (QED) is 0.518. The number of pyridine rings is 1. The Hall–Kier alpha value is -1.09. The minimum atomic E-state index is -1.77. The number of hydrogen-bond donors (Lipinski definition) is 0. The van der Waals surface area contributed by atoms with Crippen molar-refractivity contribution in [2.45, 2.75) is 56.8 Å². The molecule has 2 rings (SSSR count). The molecule has 1 aromatic carbocycles. The first-order chi connectivity index (χ1) is 10.8. The minimum absolute atomic E-state index is 0.670. The van der Waals surface area contributed by atoms with Crippen LogP contribution in [-0.4, -0.2) is 13.3 Å². The Morgan fingerprint density at radius 2 is 1.65 bits per heavy atom. The average Bonchev–Trinajstić information content (AvgIpc) is 2.49. The topological polar surface area (TPSA) is 3.88 Å². The van der Waals surface area contributed by atoms with Crippen LogP contribution in [0.2, 0.25) is 17.3 Å². The molecule has 0 radical (unpaired) electrons. The second-order valence-corrected chi connectivity index (χ2v) is 18.4. The van der Waals surface area contributed by atoms with Crippen molar-refractivity contribution in [1.29, 1.82) is 0 Å². The maximum absolute atomic E-state index is 2.45. The predicted octanol–water partition coefficient (Wildman–Crippen LogP) is 4.94. The molecule has 2 aromatic rings. The van der Waals surface area contributed by atoms with E-state index in [4.69, 9.17) is 0 Å². The SMILES string of the molecule is CCC(CC)c1ccc(C)c(-c2cc[c]([Ge]([CH3])([CH3])[CH3])c[n+]2C)c1. The fraction of sp³-hybridized carbons (Fsp3) is 0.476. The summed E-state index contributed by atoms with van der Waals surface area (Å²) in [7, 11) is 2.19. The molecule has 0 unspecified atom stereocenters. The molecule has 1 heterocycles. The van der Waals surface area contributed by atoms with Crippen LogP contribution < -0.4 is 8.96 Å². The van der Waals surface area contributed by atoms with Crippen LogP contribution in [0.15, 0.2) is 36.5 Å². The molecule has 0 amide bonds. The van der Waals surface area contributed by atoms with Gasteiger partial charge in [0, 0.05) is 0 Å². The zero-order chi connectivity index (χ0) is 17.2.